The molecule has 1 aliphatic rings. The Kier molecular flexibility index (Phi) is 5.76. The van der Waals surface area contributed by atoms with Crippen molar-refractivity contribution in [2.24, 2.45) is 0 Å². The first-order chi connectivity index (χ1) is 8.15. The SMILES string of the molecule is CCCC(NC(=O)N1CCCOCC1)C(=O)O. The Morgan fingerprint density at radius 1 is 1.41 bits per heavy atom. The van der Waals surface area contributed by atoms with Crippen LogP contribution < -0.4 is 5.32 Å². The zero-order chi connectivity index (χ0) is 12.7. The molecule has 6 heteroatoms. The van der Waals surface area contributed by atoms with Crippen molar-refractivity contribution < 1.29 is 19.4 Å². The van der Waals surface area contributed by atoms with Gasteiger partial charge in [0.05, 0.1) is 6.61 Å². The van der Waals surface area contributed by atoms with Crippen molar-refractivity contribution in [2.45, 2.75) is 32.2 Å². The Hall–Kier alpha value is -1.30. The number of carboxylic acids is 1. The van der Waals surface area contributed by atoms with Crippen LogP contribution >= 0.6 is 0 Å². The molecule has 0 spiro atoms. The maximum absolute atomic E-state index is 11.8. The highest BCUT2D eigenvalue weighted by molar-refractivity contribution is 5.82. The second-order valence-electron chi connectivity index (χ2n) is 4.08. The summed E-state index contributed by atoms with van der Waals surface area (Å²) in [4.78, 5) is 24.4. The van der Waals surface area contributed by atoms with Gasteiger partial charge in [-0.05, 0) is 12.8 Å². The number of hydrogen-bond donors (Lipinski definition) is 2. The molecule has 1 saturated heterocycles. The van der Waals surface area contributed by atoms with Gasteiger partial charge in [-0.3, -0.25) is 0 Å². The van der Waals surface area contributed by atoms with Gasteiger partial charge in [0.25, 0.3) is 0 Å². The van der Waals surface area contributed by atoms with Crippen LogP contribution in [-0.4, -0.2) is 54.4 Å². The third kappa shape index (κ3) is 4.60. The van der Waals surface area contributed by atoms with Crippen molar-refractivity contribution >= 4 is 12.0 Å². The Morgan fingerprint density at radius 2 is 2.18 bits per heavy atom. The summed E-state index contributed by atoms with van der Waals surface area (Å²) in [6, 6.07) is -1.10. The number of urea groups is 1. The van der Waals surface area contributed by atoms with Crippen LogP contribution in [0.1, 0.15) is 26.2 Å². The van der Waals surface area contributed by atoms with Crippen LogP contribution in [-0.2, 0) is 9.53 Å². The molecule has 1 heterocycles. The van der Waals surface area contributed by atoms with E-state index in [0.717, 1.165) is 12.8 Å². The minimum Gasteiger partial charge on any atom is -0.480 e. The molecule has 0 bridgehead atoms. The van der Waals surface area contributed by atoms with Crippen molar-refractivity contribution in [3.63, 3.8) is 0 Å². The second-order valence-corrected chi connectivity index (χ2v) is 4.08. The summed E-state index contributed by atoms with van der Waals surface area (Å²) in [5.74, 6) is -0.980. The minimum absolute atomic E-state index is 0.309. The quantitative estimate of drug-likeness (QED) is 0.762. The van der Waals surface area contributed by atoms with E-state index in [1.54, 1.807) is 4.90 Å². The van der Waals surface area contributed by atoms with Gasteiger partial charge in [-0.25, -0.2) is 9.59 Å². The van der Waals surface area contributed by atoms with Gasteiger partial charge >= 0.3 is 12.0 Å². The van der Waals surface area contributed by atoms with Crippen molar-refractivity contribution in [2.75, 3.05) is 26.3 Å². The fraction of sp³-hybridized carbons (Fsp3) is 0.818. The van der Waals surface area contributed by atoms with Gasteiger partial charge in [0.1, 0.15) is 6.04 Å². The molecule has 0 saturated carbocycles. The maximum Gasteiger partial charge on any atom is 0.326 e. The first-order valence-electron chi connectivity index (χ1n) is 6.01. The summed E-state index contributed by atoms with van der Waals surface area (Å²) in [6.07, 6.45) is 1.96. The van der Waals surface area contributed by atoms with E-state index in [4.69, 9.17) is 9.84 Å². The highest BCUT2D eigenvalue weighted by atomic mass is 16.5. The number of nitrogens with zero attached hydrogens (tertiary/aromatic N) is 1. The standard InChI is InChI=1S/C11H20N2O4/c1-2-4-9(10(14)15)12-11(16)13-5-3-7-17-8-6-13/h9H,2-8H2,1H3,(H,12,16)(H,14,15). The number of hydrogen-bond acceptors (Lipinski definition) is 3. The largest absolute Gasteiger partial charge is 0.480 e. The number of carbonyl (C=O) groups is 2. The third-order valence-corrected chi connectivity index (χ3v) is 2.68. The normalized spacial score (nSPS) is 18.3. The van der Waals surface area contributed by atoms with Gasteiger partial charge in [0, 0.05) is 19.7 Å². The summed E-state index contributed by atoms with van der Waals surface area (Å²) in [5, 5.41) is 11.5. The molecule has 0 radical (unpaired) electrons. The number of ether oxygens (including phenoxy) is 1. The molecule has 6 nitrogen and oxygen atoms in total. The zero-order valence-corrected chi connectivity index (χ0v) is 10.1. The van der Waals surface area contributed by atoms with Crippen molar-refractivity contribution in [3.8, 4) is 0 Å². The topological polar surface area (TPSA) is 78.9 Å². The summed E-state index contributed by atoms with van der Waals surface area (Å²) in [7, 11) is 0. The summed E-state index contributed by atoms with van der Waals surface area (Å²) < 4.78 is 5.24. The fourth-order valence-corrected chi connectivity index (χ4v) is 1.74. The van der Waals surface area contributed by atoms with Crippen LogP contribution in [0.3, 0.4) is 0 Å². The molecule has 0 aliphatic carbocycles. The molecule has 1 unspecified atom stereocenters. The summed E-state index contributed by atoms with van der Waals surface area (Å²) in [5.41, 5.74) is 0. The van der Waals surface area contributed by atoms with Gasteiger partial charge in [-0.15, -0.1) is 0 Å². The molecule has 2 N–H and O–H groups in total. The van der Waals surface area contributed by atoms with Crippen molar-refractivity contribution in [1.29, 1.82) is 0 Å². The average Bonchev–Trinajstić information content (AvgIpc) is 2.56. The van der Waals surface area contributed by atoms with Crippen LogP contribution in [0.15, 0.2) is 0 Å². The average molecular weight is 244 g/mol. The van der Waals surface area contributed by atoms with Crippen LogP contribution in [0.4, 0.5) is 4.79 Å². The van der Waals surface area contributed by atoms with E-state index >= 15 is 0 Å². The lowest BCUT2D eigenvalue weighted by Crippen LogP contribution is -2.48. The molecule has 0 aromatic rings. The van der Waals surface area contributed by atoms with Crippen LogP contribution in [0.25, 0.3) is 0 Å². The molecule has 1 fully saturated rings. The van der Waals surface area contributed by atoms with Gasteiger partial charge < -0.3 is 20.1 Å². The van der Waals surface area contributed by atoms with E-state index in [-0.39, 0.29) is 6.03 Å². The first-order valence-corrected chi connectivity index (χ1v) is 6.01. The molecular formula is C11H20N2O4. The lowest BCUT2D eigenvalue weighted by molar-refractivity contribution is -0.139. The summed E-state index contributed by atoms with van der Waals surface area (Å²) in [6.45, 7) is 4.19. The molecule has 17 heavy (non-hydrogen) atoms. The summed E-state index contributed by atoms with van der Waals surface area (Å²) >= 11 is 0. The molecule has 98 valence electrons. The van der Waals surface area contributed by atoms with Gasteiger partial charge in [0.2, 0.25) is 0 Å². The van der Waals surface area contributed by atoms with Gasteiger partial charge in [-0.2, -0.15) is 0 Å². The van der Waals surface area contributed by atoms with E-state index < -0.39 is 12.0 Å². The number of rotatable bonds is 4. The van der Waals surface area contributed by atoms with Gasteiger partial charge in [0.15, 0.2) is 0 Å². The van der Waals surface area contributed by atoms with E-state index in [1.165, 1.54) is 0 Å². The minimum atomic E-state index is -0.980. The number of amides is 2. The molecule has 1 aliphatic heterocycles. The molecule has 1 atom stereocenters. The Morgan fingerprint density at radius 3 is 2.82 bits per heavy atom. The maximum atomic E-state index is 11.8. The number of carbonyl (C=O) groups excluding carboxylic acids is 1. The monoisotopic (exact) mass is 244 g/mol. The highest BCUT2D eigenvalue weighted by Crippen LogP contribution is 2.02. The molecule has 0 aromatic heterocycles. The third-order valence-electron chi connectivity index (χ3n) is 2.68. The molecule has 0 aromatic carbocycles. The van der Waals surface area contributed by atoms with Crippen LogP contribution in [0.2, 0.25) is 0 Å². The number of nitrogens with one attached hydrogen (secondary N) is 1. The predicted molar refractivity (Wildman–Crippen MR) is 61.9 cm³/mol. The smallest absolute Gasteiger partial charge is 0.326 e. The molecule has 2 amide bonds. The van der Waals surface area contributed by atoms with E-state index in [1.807, 2.05) is 6.92 Å². The Bertz CT molecular complexity index is 262. The van der Waals surface area contributed by atoms with E-state index in [9.17, 15) is 9.59 Å². The van der Waals surface area contributed by atoms with Crippen molar-refractivity contribution in [3.05, 3.63) is 0 Å². The Labute approximate surface area is 101 Å². The lowest BCUT2D eigenvalue weighted by Gasteiger charge is -2.22. The number of carboxylic acid groups (broad SMARTS) is 1. The molecule has 1 rings (SSSR count). The van der Waals surface area contributed by atoms with E-state index in [2.05, 4.69) is 5.32 Å². The molecular weight excluding hydrogens is 224 g/mol. The first kappa shape index (κ1) is 13.8. The van der Waals surface area contributed by atoms with Gasteiger partial charge in [-0.1, -0.05) is 13.3 Å². The second kappa shape index (κ2) is 7.11. The van der Waals surface area contributed by atoms with Crippen molar-refractivity contribution in [1.82, 2.24) is 10.2 Å². The zero-order valence-electron chi connectivity index (χ0n) is 10.1. The van der Waals surface area contributed by atoms with E-state index in [0.29, 0.717) is 32.7 Å². The number of aliphatic carboxylic acids is 1. The fourth-order valence-electron chi connectivity index (χ4n) is 1.74. The predicted octanol–water partition coefficient (Wildman–Crippen LogP) is 0.672. The Balaban J connectivity index is 2.47. The lowest BCUT2D eigenvalue weighted by atomic mass is 10.2. The van der Waals surface area contributed by atoms with Crippen LogP contribution in [0, 0.1) is 0 Å². The van der Waals surface area contributed by atoms with Crippen LogP contribution in [0.5, 0.6) is 0 Å². The highest BCUT2D eigenvalue weighted by Gasteiger charge is 2.22.